The first kappa shape index (κ1) is 36.6. The van der Waals surface area contributed by atoms with Gasteiger partial charge in [-0.15, -0.1) is 0 Å². The van der Waals surface area contributed by atoms with Crippen molar-refractivity contribution in [2.24, 2.45) is 0 Å². The molecule has 0 saturated carbocycles. The SMILES string of the molecule is COC(=O)c1cc(NCCCCCCCCCCCCCCCCCCC(=O)c2ccc3ccccc3c2O)cc(C(=O)OC)c1. The number of fused-ring (bicyclic) bond motifs is 1. The summed E-state index contributed by atoms with van der Waals surface area (Å²) in [7, 11) is 2.64. The van der Waals surface area contributed by atoms with E-state index in [1.54, 1.807) is 18.2 Å². The van der Waals surface area contributed by atoms with Crippen molar-refractivity contribution >= 4 is 34.2 Å². The van der Waals surface area contributed by atoms with Crippen LogP contribution in [-0.4, -0.2) is 43.6 Å². The second-order valence-corrected chi connectivity index (χ2v) is 12.2. The number of hydrogen-bond acceptors (Lipinski definition) is 7. The van der Waals surface area contributed by atoms with Gasteiger partial charge in [0.2, 0.25) is 0 Å². The van der Waals surface area contributed by atoms with Crippen LogP contribution in [0.25, 0.3) is 10.8 Å². The maximum absolute atomic E-state index is 12.6. The molecule has 0 atom stereocenters. The lowest BCUT2D eigenvalue weighted by atomic mass is 9.99. The van der Waals surface area contributed by atoms with Crippen LogP contribution < -0.4 is 5.32 Å². The molecule has 3 aromatic rings. The van der Waals surface area contributed by atoms with Gasteiger partial charge in [0.05, 0.1) is 30.9 Å². The number of carbonyl (C=O) groups is 3. The predicted octanol–water partition coefficient (Wildman–Crippen LogP) is 10.0. The fraction of sp³-hybridized carbons (Fsp3) is 0.513. The van der Waals surface area contributed by atoms with Gasteiger partial charge in [-0.05, 0) is 42.5 Å². The summed E-state index contributed by atoms with van der Waals surface area (Å²) in [5, 5.41) is 15.5. The Morgan fingerprint density at radius 1 is 0.609 bits per heavy atom. The van der Waals surface area contributed by atoms with Crippen molar-refractivity contribution in [2.45, 2.75) is 109 Å². The third-order valence-electron chi connectivity index (χ3n) is 8.64. The number of phenols is 1. The second-order valence-electron chi connectivity index (χ2n) is 12.2. The van der Waals surface area contributed by atoms with Crippen molar-refractivity contribution in [3.63, 3.8) is 0 Å². The zero-order valence-electron chi connectivity index (χ0n) is 27.9. The molecule has 250 valence electrons. The fourth-order valence-electron chi connectivity index (χ4n) is 5.93. The normalized spacial score (nSPS) is 11.0. The molecule has 0 radical (unpaired) electrons. The molecule has 0 saturated heterocycles. The average Bonchev–Trinajstić information content (AvgIpc) is 3.08. The number of benzene rings is 3. The van der Waals surface area contributed by atoms with Crippen LogP contribution in [-0.2, 0) is 9.47 Å². The van der Waals surface area contributed by atoms with Gasteiger partial charge in [-0.3, -0.25) is 4.79 Å². The number of hydrogen-bond donors (Lipinski definition) is 2. The molecule has 0 fully saturated rings. The highest BCUT2D eigenvalue weighted by atomic mass is 16.5. The van der Waals surface area contributed by atoms with E-state index < -0.39 is 11.9 Å². The first-order valence-corrected chi connectivity index (χ1v) is 17.2. The second kappa shape index (κ2) is 21.0. The van der Waals surface area contributed by atoms with Gasteiger partial charge in [0.15, 0.2) is 5.78 Å². The third-order valence-corrected chi connectivity index (χ3v) is 8.64. The summed E-state index contributed by atoms with van der Waals surface area (Å²) in [6.07, 6.45) is 20.0. The number of aromatic hydroxyl groups is 1. The fourth-order valence-corrected chi connectivity index (χ4v) is 5.93. The molecule has 0 heterocycles. The number of nitrogens with one attached hydrogen (secondary N) is 1. The molecule has 0 aromatic heterocycles. The van der Waals surface area contributed by atoms with E-state index in [4.69, 9.17) is 9.47 Å². The minimum atomic E-state index is -0.483. The molecule has 0 amide bonds. The van der Waals surface area contributed by atoms with Crippen LogP contribution in [0.1, 0.15) is 140 Å². The van der Waals surface area contributed by atoms with Gasteiger partial charge in [0.1, 0.15) is 5.75 Å². The lowest BCUT2D eigenvalue weighted by Crippen LogP contribution is -2.09. The number of carbonyl (C=O) groups excluding carboxylic acids is 3. The number of Topliss-reactive ketones (excluding diaryl/α,β-unsaturated/α-hetero) is 1. The summed E-state index contributed by atoms with van der Waals surface area (Å²) in [4.78, 5) is 36.5. The van der Waals surface area contributed by atoms with Crippen molar-refractivity contribution in [2.75, 3.05) is 26.1 Å². The maximum atomic E-state index is 12.6. The molecule has 7 heteroatoms. The van der Waals surface area contributed by atoms with Crippen LogP contribution in [0.2, 0.25) is 0 Å². The van der Waals surface area contributed by atoms with Gasteiger partial charge in [-0.2, -0.15) is 0 Å². The van der Waals surface area contributed by atoms with Crippen LogP contribution >= 0.6 is 0 Å². The quantitative estimate of drug-likeness (QED) is 0.0610. The van der Waals surface area contributed by atoms with Gasteiger partial charge < -0.3 is 19.9 Å². The van der Waals surface area contributed by atoms with Gasteiger partial charge in [-0.25, -0.2) is 9.59 Å². The standard InChI is InChI=1S/C39H53NO6/c1-45-38(43)31-27-32(39(44)46-2)29-33(28-31)40-26-20-16-14-12-10-8-6-4-3-5-7-9-11-13-15-17-23-36(41)35-25-24-30-21-18-19-22-34(30)37(35)42/h18-19,21-22,24-25,27-29,40,42H,3-17,20,23,26H2,1-2H3. The van der Waals surface area contributed by atoms with Gasteiger partial charge >= 0.3 is 11.9 Å². The number of ketones is 1. The largest absolute Gasteiger partial charge is 0.507 e. The molecule has 3 aromatic carbocycles. The summed E-state index contributed by atoms with van der Waals surface area (Å²) >= 11 is 0. The third kappa shape index (κ3) is 12.5. The highest BCUT2D eigenvalue weighted by molar-refractivity contribution is 6.04. The van der Waals surface area contributed by atoms with E-state index in [1.165, 1.54) is 97.3 Å². The van der Waals surface area contributed by atoms with Crippen LogP contribution in [0.5, 0.6) is 5.75 Å². The highest BCUT2D eigenvalue weighted by Crippen LogP contribution is 2.30. The summed E-state index contributed by atoms with van der Waals surface area (Å²) in [6, 6.07) is 16.2. The summed E-state index contributed by atoms with van der Waals surface area (Å²) < 4.78 is 9.59. The van der Waals surface area contributed by atoms with Gasteiger partial charge in [-0.1, -0.05) is 120 Å². The summed E-state index contributed by atoms with van der Waals surface area (Å²) in [5.41, 5.74) is 1.81. The molecule has 3 rings (SSSR count). The van der Waals surface area contributed by atoms with E-state index >= 15 is 0 Å². The first-order valence-electron chi connectivity index (χ1n) is 17.2. The van der Waals surface area contributed by atoms with Crippen molar-refractivity contribution in [3.05, 3.63) is 71.3 Å². The van der Waals surface area contributed by atoms with E-state index in [0.717, 1.165) is 43.0 Å². The highest BCUT2D eigenvalue weighted by Gasteiger charge is 2.14. The Morgan fingerprint density at radius 2 is 1.09 bits per heavy atom. The Morgan fingerprint density at radius 3 is 1.61 bits per heavy atom. The lowest BCUT2D eigenvalue weighted by molar-refractivity contribution is 0.0599. The number of methoxy groups -OCH3 is 2. The van der Waals surface area contributed by atoms with Gasteiger partial charge in [0.25, 0.3) is 0 Å². The molecule has 0 aliphatic carbocycles. The summed E-state index contributed by atoms with van der Waals surface area (Å²) in [6.45, 7) is 0.780. The molecule has 0 spiro atoms. The summed E-state index contributed by atoms with van der Waals surface area (Å²) in [5.74, 6) is -0.812. The number of esters is 2. The Balaban J connectivity index is 1.10. The molecule has 0 unspecified atom stereocenters. The maximum Gasteiger partial charge on any atom is 0.337 e. The topological polar surface area (TPSA) is 102 Å². The van der Waals surface area contributed by atoms with Crippen LogP contribution in [0, 0.1) is 0 Å². The predicted molar refractivity (Wildman–Crippen MR) is 186 cm³/mol. The Labute approximate surface area is 275 Å². The number of unbranched alkanes of at least 4 members (excludes halogenated alkanes) is 15. The van der Waals surface area contributed by atoms with Crippen LogP contribution in [0.4, 0.5) is 5.69 Å². The van der Waals surface area contributed by atoms with E-state index in [1.807, 2.05) is 30.3 Å². The first-order chi connectivity index (χ1) is 22.4. The van der Waals surface area contributed by atoms with Crippen molar-refractivity contribution in [1.82, 2.24) is 0 Å². The Bertz CT molecular complexity index is 1350. The molecule has 46 heavy (non-hydrogen) atoms. The molecular weight excluding hydrogens is 578 g/mol. The van der Waals surface area contributed by atoms with E-state index in [0.29, 0.717) is 28.8 Å². The number of phenolic OH excluding ortho intramolecular Hbond substituents is 1. The number of ether oxygens (including phenoxy) is 2. The molecule has 0 bridgehead atoms. The molecule has 7 nitrogen and oxygen atoms in total. The average molecular weight is 632 g/mol. The van der Waals surface area contributed by atoms with Crippen molar-refractivity contribution in [1.29, 1.82) is 0 Å². The number of rotatable bonds is 23. The zero-order valence-corrected chi connectivity index (χ0v) is 27.9. The molecule has 2 N–H and O–H groups in total. The minimum Gasteiger partial charge on any atom is -0.507 e. The van der Waals surface area contributed by atoms with Crippen molar-refractivity contribution < 1.29 is 29.0 Å². The van der Waals surface area contributed by atoms with E-state index in [-0.39, 0.29) is 11.5 Å². The molecule has 0 aliphatic rings. The minimum absolute atomic E-state index is 0.0370. The number of anilines is 1. The molecular formula is C39H53NO6. The van der Waals surface area contributed by atoms with E-state index in [9.17, 15) is 19.5 Å². The zero-order chi connectivity index (χ0) is 33.0. The Kier molecular flexibility index (Phi) is 16.7. The van der Waals surface area contributed by atoms with Crippen molar-refractivity contribution in [3.8, 4) is 5.75 Å². The lowest BCUT2D eigenvalue weighted by Gasteiger charge is -2.10. The van der Waals surface area contributed by atoms with E-state index in [2.05, 4.69) is 5.32 Å². The monoisotopic (exact) mass is 631 g/mol. The van der Waals surface area contributed by atoms with Crippen LogP contribution in [0.3, 0.4) is 0 Å². The van der Waals surface area contributed by atoms with Gasteiger partial charge in [0, 0.05) is 24.0 Å². The molecule has 0 aliphatic heterocycles. The smallest absolute Gasteiger partial charge is 0.337 e. The van der Waals surface area contributed by atoms with Crippen LogP contribution in [0.15, 0.2) is 54.6 Å². The Hall–Kier alpha value is -3.87.